The average Bonchev–Trinajstić information content (AvgIpc) is 2.64. The Kier molecular flexibility index (Phi) is 5.46. The highest BCUT2D eigenvalue weighted by Gasteiger charge is 2.12. The van der Waals surface area contributed by atoms with Gasteiger partial charge in [-0.15, -0.1) is 5.10 Å². The normalized spacial score (nSPS) is 12.0. The maximum atomic E-state index is 4.58. The van der Waals surface area contributed by atoms with Gasteiger partial charge in [0.15, 0.2) is 5.82 Å². The molecule has 0 aliphatic carbocycles. The van der Waals surface area contributed by atoms with Crippen LogP contribution in [0.4, 0.5) is 17.5 Å². The van der Waals surface area contributed by atoms with Gasteiger partial charge in [0.1, 0.15) is 0 Å². The van der Waals surface area contributed by atoms with E-state index in [2.05, 4.69) is 83.8 Å². The van der Waals surface area contributed by atoms with Crippen LogP contribution in [0.3, 0.4) is 0 Å². The third kappa shape index (κ3) is 4.17. The van der Waals surface area contributed by atoms with Crippen LogP contribution in [-0.2, 0) is 0 Å². The van der Waals surface area contributed by atoms with Crippen molar-refractivity contribution < 1.29 is 0 Å². The van der Waals surface area contributed by atoms with E-state index in [0.717, 1.165) is 11.3 Å². The van der Waals surface area contributed by atoms with Crippen LogP contribution >= 0.6 is 0 Å². The van der Waals surface area contributed by atoms with E-state index in [-0.39, 0.29) is 6.04 Å². The number of nitrogens with one attached hydrogen (secondary N) is 2. The molecule has 1 aromatic heterocycles. The molecule has 3 rings (SSSR count). The lowest BCUT2D eigenvalue weighted by Gasteiger charge is -2.17. The molecule has 0 fully saturated rings. The smallest absolute Gasteiger partial charge is 0.249 e. The number of hydrogen-bond acceptors (Lipinski definition) is 5. The van der Waals surface area contributed by atoms with E-state index in [9.17, 15) is 0 Å². The Morgan fingerprint density at radius 2 is 1.69 bits per heavy atom. The van der Waals surface area contributed by atoms with Gasteiger partial charge in [-0.2, -0.15) is 10.1 Å². The molecule has 3 aromatic rings. The summed E-state index contributed by atoms with van der Waals surface area (Å²) in [6.45, 7) is 8.54. The van der Waals surface area contributed by atoms with Crippen LogP contribution < -0.4 is 10.6 Å². The molecular weight excluding hydrogens is 322 g/mol. The van der Waals surface area contributed by atoms with Crippen LogP contribution in [0.25, 0.3) is 0 Å². The van der Waals surface area contributed by atoms with E-state index in [4.69, 9.17) is 0 Å². The Balaban J connectivity index is 1.80. The zero-order chi connectivity index (χ0) is 18.5. The van der Waals surface area contributed by atoms with Crippen molar-refractivity contribution in [3.05, 3.63) is 71.4 Å². The second kappa shape index (κ2) is 7.95. The van der Waals surface area contributed by atoms with Gasteiger partial charge in [-0.05, 0) is 36.5 Å². The highest BCUT2D eigenvalue weighted by atomic mass is 15.3. The molecule has 0 radical (unpaired) electrons. The molecule has 0 saturated heterocycles. The van der Waals surface area contributed by atoms with Crippen molar-refractivity contribution >= 4 is 17.5 Å². The third-order valence-electron chi connectivity index (χ3n) is 4.39. The Hall–Kier alpha value is -2.95. The van der Waals surface area contributed by atoms with Gasteiger partial charge in [0.05, 0.1) is 6.20 Å². The summed E-state index contributed by atoms with van der Waals surface area (Å²) in [7, 11) is 0. The number of nitrogens with zero attached hydrogens (tertiary/aromatic N) is 3. The van der Waals surface area contributed by atoms with E-state index in [1.165, 1.54) is 11.1 Å². The first-order chi connectivity index (χ1) is 12.5. The fourth-order valence-electron chi connectivity index (χ4n) is 2.93. The van der Waals surface area contributed by atoms with Gasteiger partial charge in [-0.25, -0.2) is 0 Å². The number of para-hydroxylation sites is 1. The first-order valence-electron chi connectivity index (χ1n) is 8.92. The van der Waals surface area contributed by atoms with E-state index >= 15 is 0 Å². The lowest BCUT2D eigenvalue weighted by Crippen LogP contribution is -2.10. The van der Waals surface area contributed by atoms with Crippen molar-refractivity contribution in [2.45, 2.75) is 39.7 Å². The Morgan fingerprint density at radius 1 is 0.923 bits per heavy atom. The molecule has 1 atom stereocenters. The topological polar surface area (TPSA) is 62.7 Å². The molecule has 134 valence electrons. The van der Waals surface area contributed by atoms with E-state index < -0.39 is 0 Å². The van der Waals surface area contributed by atoms with Gasteiger partial charge in [-0.3, -0.25) is 0 Å². The van der Waals surface area contributed by atoms with Crippen LogP contribution in [-0.4, -0.2) is 15.2 Å². The Morgan fingerprint density at radius 3 is 2.42 bits per heavy atom. The SMILES string of the molecule is Cc1cccc(C(C)C)c1Nc1nncc(NC(C)c2ccccc2)n1. The summed E-state index contributed by atoms with van der Waals surface area (Å²) in [6.07, 6.45) is 1.64. The van der Waals surface area contributed by atoms with Crippen molar-refractivity contribution in [2.75, 3.05) is 10.6 Å². The summed E-state index contributed by atoms with van der Waals surface area (Å²) in [5, 5.41) is 15.0. The molecule has 5 heteroatoms. The third-order valence-corrected chi connectivity index (χ3v) is 4.39. The maximum absolute atomic E-state index is 4.58. The molecule has 0 amide bonds. The van der Waals surface area contributed by atoms with Gasteiger partial charge in [0.25, 0.3) is 0 Å². The van der Waals surface area contributed by atoms with Gasteiger partial charge in [-0.1, -0.05) is 62.4 Å². The second-order valence-corrected chi connectivity index (χ2v) is 6.76. The monoisotopic (exact) mass is 347 g/mol. The first kappa shape index (κ1) is 17.9. The molecule has 0 saturated carbocycles. The highest BCUT2D eigenvalue weighted by Crippen LogP contribution is 2.29. The van der Waals surface area contributed by atoms with Gasteiger partial charge < -0.3 is 10.6 Å². The summed E-state index contributed by atoms with van der Waals surface area (Å²) in [5.74, 6) is 1.59. The fourth-order valence-corrected chi connectivity index (χ4v) is 2.93. The van der Waals surface area contributed by atoms with E-state index in [1.807, 2.05) is 18.2 Å². The van der Waals surface area contributed by atoms with Crippen LogP contribution in [0.5, 0.6) is 0 Å². The summed E-state index contributed by atoms with van der Waals surface area (Å²) in [4.78, 5) is 4.58. The molecular formula is C21H25N5. The quantitative estimate of drug-likeness (QED) is 0.640. The molecule has 26 heavy (non-hydrogen) atoms. The molecule has 0 aliphatic heterocycles. The minimum atomic E-state index is 0.130. The van der Waals surface area contributed by atoms with Gasteiger partial charge >= 0.3 is 0 Å². The number of aromatic nitrogens is 3. The number of anilines is 3. The molecule has 5 nitrogen and oxygen atoms in total. The standard InChI is InChI=1S/C21H25N5/c1-14(2)18-12-8-9-15(3)20(18)25-21-24-19(13-22-26-21)23-16(4)17-10-6-5-7-11-17/h5-14,16H,1-4H3,(H2,23,24,25,26). The molecule has 2 aromatic carbocycles. The molecule has 1 heterocycles. The highest BCUT2D eigenvalue weighted by molar-refractivity contribution is 5.64. The fraction of sp³-hybridized carbons (Fsp3) is 0.286. The molecule has 1 unspecified atom stereocenters. The Labute approximate surface area is 154 Å². The maximum Gasteiger partial charge on any atom is 0.249 e. The zero-order valence-corrected chi connectivity index (χ0v) is 15.7. The average molecular weight is 347 g/mol. The van der Waals surface area contributed by atoms with Crippen LogP contribution in [0, 0.1) is 6.92 Å². The van der Waals surface area contributed by atoms with Crippen molar-refractivity contribution in [1.29, 1.82) is 0 Å². The van der Waals surface area contributed by atoms with Crippen LogP contribution in [0.15, 0.2) is 54.7 Å². The van der Waals surface area contributed by atoms with Gasteiger partial charge in [0, 0.05) is 11.7 Å². The summed E-state index contributed by atoms with van der Waals surface area (Å²) in [5.41, 5.74) is 4.65. The van der Waals surface area contributed by atoms with Crippen LogP contribution in [0.2, 0.25) is 0 Å². The Bertz CT molecular complexity index is 861. The van der Waals surface area contributed by atoms with E-state index in [1.54, 1.807) is 6.20 Å². The predicted octanol–water partition coefficient (Wildman–Crippen LogP) is 5.22. The van der Waals surface area contributed by atoms with Crippen molar-refractivity contribution in [2.24, 2.45) is 0 Å². The van der Waals surface area contributed by atoms with Crippen molar-refractivity contribution in [3.63, 3.8) is 0 Å². The number of hydrogen-bond donors (Lipinski definition) is 2. The summed E-state index contributed by atoms with van der Waals surface area (Å²) in [6, 6.07) is 16.7. The van der Waals surface area contributed by atoms with Crippen molar-refractivity contribution in [3.8, 4) is 0 Å². The minimum absolute atomic E-state index is 0.130. The number of aryl methyl sites for hydroxylation is 1. The largest absolute Gasteiger partial charge is 0.362 e. The summed E-state index contributed by atoms with van der Waals surface area (Å²) >= 11 is 0. The van der Waals surface area contributed by atoms with Crippen LogP contribution in [0.1, 0.15) is 49.4 Å². The predicted molar refractivity (Wildman–Crippen MR) is 107 cm³/mol. The second-order valence-electron chi connectivity index (χ2n) is 6.76. The lowest BCUT2D eigenvalue weighted by molar-refractivity contribution is 0.856. The number of rotatable bonds is 6. The minimum Gasteiger partial charge on any atom is -0.362 e. The molecule has 0 aliphatic rings. The van der Waals surface area contributed by atoms with E-state index in [0.29, 0.717) is 17.7 Å². The number of benzene rings is 2. The summed E-state index contributed by atoms with van der Waals surface area (Å²) < 4.78 is 0. The van der Waals surface area contributed by atoms with Gasteiger partial charge in [0.2, 0.25) is 5.95 Å². The molecule has 0 spiro atoms. The lowest BCUT2D eigenvalue weighted by atomic mass is 9.98. The molecule has 2 N–H and O–H groups in total. The molecule has 0 bridgehead atoms. The van der Waals surface area contributed by atoms with Crippen molar-refractivity contribution in [1.82, 2.24) is 15.2 Å². The first-order valence-corrected chi connectivity index (χ1v) is 8.92. The zero-order valence-electron chi connectivity index (χ0n) is 15.7.